The molecule has 0 spiro atoms. The number of alkyl halides is 1. The molecule has 0 aromatic carbocycles. The van der Waals surface area contributed by atoms with Crippen LogP contribution in [0.1, 0.15) is 32.4 Å². The van der Waals surface area contributed by atoms with Crippen LogP contribution in [-0.4, -0.2) is 10.4 Å². The summed E-state index contributed by atoms with van der Waals surface area (Å²) in [7, 11) is 0. The van der Waals surface area contributed by atoms with Gasteiger partial charge in [0.05, 0.1) is 0 Å². The lowest BCUT2D eigenvalue weighted by molar-refractivity contribution is 0.462. The molecule has 1 heterocycles. The van der Waals surface area contributed by atoms with E-state index in [9.17, 15) is 0 Å². The van der Waals surface area contributed by atoms with E-state index in [1.807, 2.05) is 24.4 Å². The first-order valence-electron chi connectivity index (χ1n) is 5.31. The molecule has 0 aliphatic heterocycles. The summed E-state index contributed by atoms with van der Waals surface area (Å²) < 4.78 is 0. The minimum Gasteiger partial charge on any atom is -0.261 e. The standard InChI is InChI=1S/C12H18ClN/c1-3-10(4-2)12(13)9-11-7-5-6-8-14-11/h5-8,10,12H,3-4,9H2,1-2H3. The molecule has 78 valence electrons. The van der Waals surface area contributed by atoms with E-state index in [-0.39, 0.29) is 5.38 Å². The molecule has 1 rings (SSSR count). The van der Waals surface area contributed by atoms with Crippen molar-refractivity contribution in [2.75, 3.05) is 0 Å². The lowest BCUT2D eigenvalue weighted by atomic mass is 9.96. The molecular weight excluding hydrogens is 194 g/mol. The second-order valence-electron chi connectivity index (χ2n) is 3.62. The van der Waals surface area contributed by atoms with Crippen molar-refractivity contribution in [3.8, 4) is 0 Å². The number of nitrogens with zero attached hydrogens (tertiary/aromatic N) is 1. The van der Waals surface area contributed by atoms with Gasteiger partial charge in [0.15, 0.2) is 0 Å². The summed E-state index contributed by atoms with van der Waals surface area (Å²) in [6.45, 7) is 4.39. The average molecular weight is 212 g/mol. The highest BCUT2D eigenvalue weighted by atomic mass is 35.5. The quantitative estimate of drug-likeness (QED) is 0.678. The first-order chi connectivity index (χ1) is 6.77. The Morgan fingerprint density at radius 1 is 1.29 bits per heavy atom. The van der Waals surface area contributed by atoms with E-state index in [2.05, 4.69) is 18.8 Å². The van der Waals surface area contributed by atoms with Gasteiger partial charge in [-0.1, -0.05) is 32.8 Å². The molecule has 0 bridgehead atoms. The van der Waals surface area contributed by atoms with Crippen LogP contribution < -0.4 is 0 Å². The van der Waals surface area contributed by atoms with Crippen molar-refractivity contribution in [2.24, 2.45) is 5.92 Å². The van der Waals surface area contributed by atoms with Gasteiger partial charge in [0.25, 0.3) is 0 Å². The van der Waals surface area contributed by atoms with Gasteiger partial charge in [0.1, 0.15) is 0 Å². The van der Waals surface area contributed by atoms with Gasteiger partial charge < -0.3 is 0 Å². The number of pyridine rings is 1. The molecule has 0 amide bonds. The van der Waals surface area contributed by atoms with Crippen molar-refractivity contribution in [3.63, 3.8) is 0 Å². The topological polar surface area (TPSA) is 12.9 Å². The Balaban J connectivity index is 2.52. The summed E-state index contributed by atoms with van der Waals surface area (Å²) in [5.74, 6) is 0.610. The molecule has 0 N–H and O–H groups in total. The van der Waals surface area contributed by atoms with Crippen molar-refractivity contribution in [1.29, 1.82) is 0 Å². The summed E-state index contributed by atoms with van der Waals surface area (Å²) >= 11 is 6.34. The molecule has 1 nitrogen and oxygen atoms in total. The van der Waals surface area contributed by atoms with Gasteiger partial charge in [-0.2, -0.15) is 0 Å². The monoisotopic (exact) mass is 211 g/mol. The van der Waals surface area contributed by atoms with Crippen molar-refractivity contribution < 1.29 is 0 Å². The normalized spacial score (nSPS) is 13.1. The highest BCUT2D eigenvalue weighted by Gasteiger charge is 2.16. The van der Waals surface area contributed by atoms with Gasteiger partial charge in [-0.3, -0.25) is 4.98 Å². The third-order valence-corrected chi connectivity index (χ3v) is 3.20. The van der Waals surface area contributed by atoms with Crippen molar-refractivity contribution in [3.05, 3.63) is 30.1 Å². The summed E-state index contributed by atoms with van der Waals surface area (Å²) in [5, 5.41) is 0.222. The summed E-state index contributed by atoms with van der Waals surface area (Å²) in [4.78, 5) is 4.29. The zero-order valence-electron chi connectivity index (χ0n) is 8.91. The Labute approximate surface area is 91.5 Å². The van der Waals surface area contributed by atoms with E-state index < -0.39 is 0 Å². The van der Waals surface area contributed by atoms with Crippen LogP contribution in [-0.2, 0) is 6.42 Å². The third kappa shape index (κ3) is 3.30. The fraction of sp³-hybridized carbons (Fsp3) is 0.583. The molecule has 0 aliphatic carbocycles. The molecule has 1 aromatic heterocycles. The van der Waals surface area contributed by atoms with Crippen molar-refractivity contribution in [2.45, 2.75) is 38.5 Å². The van der Waals surface area contributed by atoms with Crippen molar-refractivity contribution in [1.82, 2.24) is 4.98 Å². The number of hydrogen-bond acceptors (Lipinski definition) is 1. The van der Waals surface area contributed by atoms with E-state index >= 15 is 0 Å². The van der Waals surface area contributed by atoms with Gasteiger partial charge in [-0.05, 0) is 18.1 Å². The maximum atomic E-state index is 6.34. The lowest BCUT2D eigenvalue weighted by Crippen LogP contribution is -2.16. The van der Waals surface area contributed by atoms with Crippen LogP contribution in [0, 0.1) is 5.92 Å². The van der Waals surface area contributed by atoms with E-state index in [1.54, 1.807) is 0 Å². The van der Waals surface area contributed by atoms with Crippen LogP contribution in [0.4, 0.5) is 0 Å². The molecule has 2 heteroatoms. The third-order valence-electron chi connectivity index (χ3n) is 2.69. The lowest BCUT2D eigenvalue weighted by Gasteiger charge is -2.18. The Bertz CT molecular complexity index is 244. The number of rotatable bonds is 5. The molecule has 0 fully saturated rings. The predicted molar refractivity (Wildman–Crippen MR) is 61.7 cm³/mol. The molecular formula is C12H18ClN. The van der Waals surface area contributed by atoms with Gasteiger partial charge in [0, 0.05) is 23.7 Å². The predicted octanol–water partition coefficient (Wildman–Crippen LogP) is 3.67. The highest BCUT2D eigenvalue weighted by Crippen LogP contribution is 2.21. The molecule has 14 heavy (non-hydrogen) atoms. The Morgan fingerprint density at radius 2 is 2.00 bits per heavy atom. The first-order valence-corrected chi connectivity index (χ1v) is 5.75. The van der Waals surface area contributed by atoms with E-state index in [1.165, 1.54) is 0 Å². The van der Waals surface area contributed by atoms with Crippen LogP contribution >= 0.6 is 11.6 Å². The molecule has 1 unspecified atom stereocenters. The zero-order chi connectivity index (χ0) is 10.4. The molecule has 1 atom stereocenters. The zero-order valence-corrected chi connectivity index (χ0v) is 9.67. The Morgan fingerprint density at radius 3 is 2.50 bits per heavy atom. The first kappa shape index (κ1) is 11.5. The second-order valence-corrected chi connectivity index (χ2v) is 4.18. The summed E-state index contributed by atoms with van der Waals surface area (Å²) in [5.41, 5.74) is 1.10. The molecule has 0 saturated heterocycles. The number of hydrogen-bond donors (Lipinski definition) is 0. The van der Waals surface area contributed by atoms with Gasteiger partial charge in [-0.25, -0.2) is 0 Å². The SMILES string of the molecule is CCC(CC)C(Cl)Cc1ccccn1. The minimum absolute atomic E-state index is 0.222. The van der Waals surface area contributed by atoms with Gasteiger partial charge in [-0.15, -0.1) is 11.6 Å². The fourth-order valence-corrected chi connectivity index (χ4v) is 2.20. The van der Waals surface area contributed by atoms with Crippen LogP contribution in [0.15, 0.2) is 24.4 Å². The number of halogens is 1. The van der Waals surface area contributed by atoms with Crippen molar-refractivity contribution >= 4 is 11.6 Å². The van der Waals surface area contributed by atoms with E-state index in [0.29, 0.717) is 5.92 Å². The van der Waals surface area contributed by atoms with Gasteiger partial charge >= 0.3 is 0 Å². The van der Waals surface area contributed by atoms with Gasteiger partial charge in [0.2, 0.25) is 0 Å². The molecule has 0 saturated carbocycles. The molecule has 0 aliphatic rings. The maximum Gasteiger partial charge on any atom is 0.0419 e. The Hall–Kier alpha value is -0.560. The average Bonchev–Trinajstić information content (AvgIpc) is 2.21. The van der Waals surface area contributed by atoms with Crippen LogP contribution in [0.25, 0.3) is 0 Å². The smallest absolute Gasteiger partial charge is 0.0419 e. The summed E-state index contributed by atoms with van der Waals surface area (Å²) in [6.07, 6.45) is 5.01. The van der Waals surface area contributed by atoms with Crippen LogP contribution in [0.3, 0.4) is 0 Å². The molecule has 1 aromatic rings. The highest BCUT2D eigenvalue weighted by molar-refractivity contribution is 6.20. The second kappa shape index (κ2) is 6.02. The maximum absolute atomic E-state index is 6.34. The van der Waals surface area contributed by atoms with Crippen LogP contribution in [0.2, 0.25) is 0 Å². The van der Waals surface area contributed by atoms with Crippen LogP contribution in [0.5, 0.6) is 0 Å². The van der Waals surface area contributed by atoms with E-state index in [0.717, 1.165) is 25.0 Å². The number of aromatic nitrogens is 1. The summed E-state index contributed by atoms with van der Waals surface area (Å²) in [6, 6.07) is 5.99. The largest absolute Gasteiger partial charge is 0.261 e. The molecule has 0 radical (unpaired) electrons. The fourth-order valence-electron chi connectivity index (χ4n) is 1.69. The minimum atomic E-state index is 0.222. The van der Waals surface area contributed by atoms with E-state index in [4.69, 9.17) is 11.6 Å². The Kier molecular flexibility index (Phi) is 4.95.